The maximum absolute atomic E-state index is 12.8. The Kier molecular flexibility index (Phi) is 5.90. The number of carbonyl (C=O) groups is 1. The minimum Gasteiger partial charge on any atom is -0.363 e. The Balaban J connectivity index is 1.40. The van der Waals surface area contributed by atoms with Crippen LogP contribution in [0.4, 0.5) is 0 Å². The maximum Gasteiger partial charge on any atom is 0.346 e. The Hall–Kier alpha value is -2.67. The predicted molar refractivity (Wildman–Crippen MR) is 115 cm³/mol. The molecule has 2 aliphatic heterocycles. The zero-order valence-corrected chi connectivity index (χ0v) is 17.8. The first-order valence-electron chi connectivity index (χ1n) is 10.8. The minimum absolute atomic E-state index is 0.0261. The lowest BCUT2D eigenvalue weighted by molar-refractivity contribution is -0.128. The van der Waals surface area contributed by atoms with E-state index >= 15 is 0 Å². The Morgan fingerprint density at radius 2 is 2.07 bits per heavy atom. The fraction of sp³-hybridized carbons (Fsp3) is 0.522. The van der Waals surface area contributed by atoms with Crippen LogP contribution in [0, 0.1) is 5.92 Å². The summed E-state index contributed by atoms with van der Waals surface area (Å²) in [5.74, 6) is 1.27. The van der Waals surface area contributed by atoms with Gasteiger partial charge in [0, 0.05) is 19.2 Å². The molecule has 3 heterocycles. The first kappa shape index (κ1) is 20.6. The number of amides is 1. The van der Waals surface area contributed by atoms with Crippen LogP contribution in [-0.4, -0.2) is 43.8 Å². The molecule has 0 bridgehead atoms. The highest BCUT2D eigenvalue weighted by molar-refractivity contribution is 5.92. The molecule has 1 saturated heterocycles. The van der Waals surface area contributed by atoms with E-state index in [1.54, 1.807) is 15.3 Å². The second-order valence-electron chi connectivity index (χ2n) is 8.77. The molecule has 0 aliphatic carbocycles. The summed E-state index contributed by atoms with van der Waals surface area (Å²) in [4.78, 5) is 27.3. The topological polar surface area (TPSA) is 69.4 Å². The fourth-order valence-corrected chi connectivity index (χ4v) is 4.21. The molecule has 0 N–H and O–H groups in total. The molecule has 7 nitrogen and oxygen atoms in total. The third kappa shape index (κ3) is 4.41. The van der Waals surface area contributed by atoms with Gasteiger partial charge >= 0.3 is 5.69 Å². The summed E-state index contributed by atoms with van der Waals surface area (Å²) in [6.45, 7) is 6.90. The van der Waals surface area contributed by atoms with Crippen molar-refractivity contribution in [2.75, 3.05) is 13.1 Å². The van der Waals surface area contributed by atoms with Gasteiger partial charge in [0.25, 0.3) is 0 Å². The minimum atomic E-state index is -0.501. The van der Waals surface area contributed by atoms with E-state index in [1.807, 2.05) is 41.3 Å². The molecule has 30 heavy (non-hydrogen) atoms. The molecule has 0 radical (unpaired) electrons. The number of likely N-dealkylation sites (tertiary alicyclic amines) is 1. The number of aromatic nitrogens is 3. The summed E-state index contributed by atoms with van der Waals surface area (Å²) < 4.78 is 9.47. The fourth-order valence-electron chi connectivity index (χ4n) is 4.21. The van der Waals surface area contributed by atoms with Crippen LogP contribution in [0.2, 0.25) is 0 Å². The van der Waals surface area contributed by atoms with Crippen molar-refractivity contribution in [2.45, 2.75) is 58.4 Å². The second kappa shape index (κ2) is 8.60. The SMILES string of the molecule is CC(C)CCCn1nc2n(c1=O)CC1(CCN(C(=O)C=Cc3ccccc3)C1)OC2. The summed E-state index contributed by atoms with van der Waals surface area (Å²) in [6.07, 6.45) is 6.18. The predicted octanol–water partition coefficient (Wildman–Crippen LogP) is 2.70. The number of nitrogens with zero attached hydrogens (tertiary/aromatic N) is 4. The molecular formula is C23H30N4O3. The first-order chi connectivity index (χ1) is 14.5. The number of carbonyl (C=O) groups excluding carboxylic acids is 1. The van der Waals surface area contributed by atoms with Crippen LogP contribution in [0.25, 0.3) is 6.08 Å². The van der Waals surface area contributed by atoms with Gasteiger partial charge in [-0.05, 0) is 36.8 Å². The summed E-state index contributed by atoms with van der Waals surface area (Å²) in [7, 11) is 0. The Morgan fingerprint density at radius 3 is 2.83 bits per heavy atom. The zero-order valence-electron chi connectivity index (χ0n) is 17.8. The van der Waals surface area contributed by atoms with E-state index in [1.165, 1.54) is 0 Å². The second-order valence-corrected chi connectivity index (χ2v) is 8.77. The van der Waals surface area contributed by atoms with Crippen molar-refractivity contribution in [3.05, 3.63) is 58.3 Å². The average molecular weight is 411 g/mol. The Morgan fingerprint density at radius 1 is 1.27 bits per heavy atom. The van der Waals surface area contributed by atoms with E-state index in [4.69, 9.17) is 4.74 Å². The number of hydrogen-bond acceptors (Lipinski definition) is 4. The van der Waals surface area contributed by atoms with Crippen molar-refractivity contribution in [2.24, 2.45) is 5.92 Å². The van der Waals surface area contributed by atoms with Crippen molar-refractivity contribution < 1.29 is 9.53 Å². The standard InChI is InChI=1S/C23H30N4O3/c1-18(2)7-6-13-27-22(29)26-17-23(30-15-20(26)24-27)12-14-25(16-23)21(28)11-10-19-8-4-3-5-9-19/h3-5,8-11,18H,6-7,12-17H2,1-2H3. The zero-order chi connectivity index (χ0) is 21.1. The molecule has 1 spiro atoms. The molecule has 4 rings (SSSR count). The largest absolute Gasteiger partial charge is 0.363 e. The van der Waals surface area contributed by atoms with Crippen LogP contribution in [0.1, 0.15) is 44.5 Å². The molecule has 1 amide bonds. The quantitative estimate of drug-likeness (QED) is 0.687. The Labute approximate surface area is 176 Å². The molecule has 1 aromatic carbocycles. The summed E-state index contributed by atoms with van der Waals surface area (Å²) in [5.41, 5.74) is 0.429. The van der Waals surface area contributed by atoms with Crippen LogP contribution in [0.5, 0.6) is 0 Å². The van der Waals surface area contributed by atoms with Gasteiger partial charge in [-0.25, -0.2) is 9.48 Å². The number of rotatable bonds is 6. The van der Waals surface area contributed by atoms with Gasteiger partial charge in [-0.15, -0.1) is 0 Å². The van der Waals surface area contributed by atoms with Gasteiger partial charge < -0.3 is 9.64 Å². The number of benzene rings is 1. The number of ether oxygens (including phenoxy) is 1. The molecule has 2 aliphatic rings. The molecule has 1 unspecified atom stereocenters. The van der Waals surface area contributed by atoms with Crippen LogP contribution in [0.3, 0.4) is 0 Å². The average Bonchev–Trinajstić information content (AvgIpc) is 3.29. The lowest BCUT2D eigenvalue weighted by atomic mass is 10.0. The highest BCUT2D eigenvalue weighted by Crippen LogP contribution is 2.31. The van der Waals surface area contributed by atoms with Crippen LogP contribution < -0.4 is 5.69 Å². The smallest absolute Gasteiger partial charge is 0.346 e. The molecule has 0 saturated carbocycles. The van der Waals surface area contributed by atoms with Gasteiger partial charge in [0.05, 0.1) is 13.1 Å². The third-order valence-corrected chi connectivity index (χ3v) is 5.95. The van der Waals surface area contributed by atoms with Crippen molar-refractivity contribution in [3.63, 3.8) is 0 Å². The van der Waals surface area contributed by atoms with Gasteiger partial charge in [-0.1, -0.05) is 44.2 Å². The lowest BCUT2D eigenvalue weighted by Crippen LogP contribution is -2.47. The van der Waals surface area contributed by atoms with Crippen LogP contribution in [0.15, 0.2) is 41.2 Å². The number of fused-ring (bicyclic) bond motifs is 1. The van der Waals surface area contributed by atoms with E-state index in [-0.39, 0.29) is 11.6 Å². The highest BCUT2D eigenvalue weighted by Gasteiger charge is 2.44. The monoisotopic (exact) mass is 410 g/mol. The molecule has 7 heteroatoms. The molecule has 1 aromatic heterocycles. The first-order valence-corrected chi connectivity index (χ1v) is 10.8. The summed E-state index contributed by atoms with van der Waals surface area (Å²) >= 11 is 0. The van der Waals surface area contributed by atoms with E-state index in [0.717, 1.165) is 24.8 Å². The third-order valence-electron chi connectivity index (χ3n) is 5.95. The van der Waals surface area contributed by atoms with Crippen LogP contribution in [-0.2, 0) is 29.2 Å². The Bertz CT molecular complexity index is 976. The van der Waals surface area contributed by atoms with Crippen molar-refractivity contribution >= 4 is 12.0 Å². The van der Waals surface area contributed by atoms with Gasteiger partial charge in [0.15, 0.2) is 5.82 Å². The number of aryl methyl sites for hydroxylation is 1. The van der Waals surface area contributed by atoms with Crippen molar-refractivity contribution in [1.82, 2.24) is 19.2 Å². The van der Waals surface area contributed by atoms with Gasteiger partial charge in [0.2, 0.25) is 5.91 Å². The summed E-state index contributed by atoms with van der Waals surface area (Å²) in [5, 5.41) is 4.47. The van der Waals surface area contributed by atoms with Crippen molar-refractivity contribution in [1.29, 1.82) is 0 Å². The normalized spacial score (nSPS) is 21.1. The van der Waals surface area contributed by atoms with Gasteiger partial charge in [0.1, 0.15) is 12.2 Å². The highest BCUT2D eigenvalue weighted by atomic mass is 16.5. The van der Waals surface area contributed by atoms with E-state index in [9.17, 15) is 9.59 Å². The lowest BCUT2D eigenvalue weighted by Gasteiger charge is -2.33. The van der Waals surface area contributed by atoms with Crippen molar-refractivity contribution in [3.8, 4) is 0 Å². The number of hydrogen-bond donors (Lipinski definition) is 0. The molecule has 2 aromatic rings. The van der Waals surface area contributed by atoms with Crippen LogP contribution >= 0.6 is 0 Å². The van der Waals surface area contributed by atoms with E-state index in [2.05, 4.69) is 18.9 Å². The molecular weight excluding hydrogens is 380 g/mol. The maximum atomic E-state index is 12.8. The molecule has 160 valence electrons. The summed E-state index contributed by atoms with van der Waals surface area (Å²) in [6, 6.07) is 9.78. The van der Waals surface area contributed by atoms with E-state index < -0.39 is 5.60 Å². The van der Waals surface area contributed by atoms with Gasteiger partial charge in [-0.2, -0.15) is 5.10 Å². The van der Waals surface area contributed by atoms with Gasteiger partial charge in [-0.3, -0.25) is 9.36 Å². The molecule has 1 fully saturated rings. The van der Waals surface area contributed by atoms with E-state index in [0.29, 0.717) is 44.5 Å². The molecule has 1 atom stereocenters.